The molecule has 0 aromatic heterocycles. The summed E-state index contributed by atoms with van der Waals surface area (Å²) in [6.07, 6.45) is 0.547. The van der Waals surface area contributed by atoms with E-state index >= 15 is 0 Å². The van der Waals surface area contributed by atoms with Gasteiger partial charge in [-0.2, -0.15) is 0 Å². The lowest BCUT2D eigenvalue weighted by atomic mass is 10.0. The number of carbonyl (C=O) groups is 1. The summed E-state index contributed by atoms with van der Waals surface area (Å²) in [5.74, 6) is -0.771. The molecule has 1 aromatic rings. The van der Waals surface area contributed by atoms with Crippen LogP contribution in [0.15, 0.2) is 22.7 Å². The van der Waals surface area contributed by atoms with E-state index in [-0.39, 0.29) is 17.7 Å². The Bertz CT molecular complexity index is 366. The maximum atomic E-state index is 12.9. The molecule has 0 saturated carbocycles. The van der Waals surface area contributed by atoms with Crippen LogP contribution in [0.4, 0.5) is 4.39 Å². The minimum Gasteiger partial charge on any atom is -0.469 e. The summed E-state index contributed by atoms with van der Waals surface area (Å²) >= 11 is 3.10. The van der Waals surface area contributed by atoms with Gasteiger partial charge in [0.2, 0.25) is 0 Å². The normalized spacial score (nSPS) is 12.3. The highest BCUT2D eigenvalue weighted by atomic mass is 79.9. The van der Waals surface area contributed by atoms with E-state index in [1.54, 1.807) is 19.1 Å². The van der Waals surface area contributed by atoms with E-state index in [0.717, 1.165) is 5.56 Å². The molecule has 4 heteroatoms. The molecular formula is C11H12BrFO2. The number of hydrogen-bond acceptors (Lipinski definition) is 2. The van der Waals surface area contributed by atoms with Gasteiger partial charge in [0, 0.05) is 0 Å². The Hall–Kier alpha value is -0.900. The van der Waals surface area contributed by atoms with Crippen LogP contribution in [0.3, 0.4) is 0 Å². The molecule has 0 spiro atoms. The zero-order valence-electron chi connectivity index (χ0n) is 8.59. The first kappa shape index (κ1) is 12.2. The van der Waals surface area contributed by atoms with Gasteiger partial charge in [-0.3, -0.25) is 4.79 Å². The lowest BCUT2D eigenvalue weighted by molar-refractivity contribution is -0.144. The summed E-state index contributed by atoms with van der Waals surface area (Å²) < 4.78 is 17.9. The largest absolute Gasteiger partial charge is 0.469 e. The summed E-state index contributed by atoms with van der Waals surface area (Å²) in [6.45, 7) is 1.78. The molecule has 0 aliphatic rings. The molecule has 1 rings (SSSR count). The van der Waals surface area contributed by atoms with Crippen LogP contribution in [0, 0.1) is 11.7 Å². The molecule has 0 N–H and O–H groups in total. The second kappa shape index (κ2) is 5.26. The van der Waals surface area contributed by atoms with E-state index in [9.17, 15) is 9.18 Å². The topological polar surface area (TPSA) is 26.3 Å². The Labute approximate surface area is 96.6 Å². The minimum atomic E-state index is -0.301. The first-order valence-electron chi connectivity index (χ1n) is 4.56. The van der Waals surface area contributed by atoms with Gasteiger partial charge in [0.1, 0.15) is 5.82 Å². The van der Waals surface area contributed by atoms with Gasteiger partial charge in [0.25, 0.3) is 0 Å². The Morgan fingerprint density at radius 2 is 2.27 bits per heavy atom. The molecule has 0 bridgehead atoms. The average Bonchev–Trinajstić information content (AvgIpc) is 2.22. The van der Waals surface area contributed by atoms with Gasteiger partial charge in [-0.25, -0.2) is 4.39 Å². The predicted octanol–water partition coefficient (Wildman–Crippen LogP) is 2.94. The van der Waals surface area contributed by atoms with Crippen LogP contribution in [0.1, 0.15) is 12.5 Å². The molecule has 15 heavy (non-hydrogen) atoms. The van der Waals surface area contributed by atoms with Gasteiger partial charge >= 0.3 is 5.97 Å². The third-order valence-corrected chi connectivity index (χ3v) is 2.74. The van der Waals surface area contributed by atoms with E-state index in [1.165, 1.54) is 13.2 Å². The zero-order valence-corrected chi connectivity index (χ0v) is 10.2. The summed E-state index contributed by atoms with van der Waals surface area (Å²) in [5, 5.41) is 0. The lowest BCUT2D eigenvalue weighted by Gasteiger charge is -2.09. The molecular weight excluding hydrogens is 263 g/mol. The Morgan fingerprint density at radius 3 is 2.80 bits per heavy atom. The van der Waals surface area contributed by atoms with E-state index in [0.29, 0.717) is 10.9 Å². The molecule has 0 fully saturated rings. The number of esters is 1. The highest BCUT2D eigenvalue weighted by molar-refractivity contribution is 9.10. The molecule has 1 atom stereocenters. The van der Waals surface area contributed by atoms with Crippen LogP contribution in [0.2, 0.25) is 0 Å². The number of ether oxygens (including phenoxy) is 1. The van der Waals surface area contributed by atoms with Crippen molar-refractivity contribution >= 4 is 21.9 Å². The van der Waals surface area contributed by atoms with Crippen molar-refractivity contribution in [3.63, 3.8) is 0 Å². The smallest absolute Gasteiger partial charge is 0.308 e. The van der Waals surface area contributed by atoms with Crippen molar-refractivity contribution in [2.45, 2.75) is 13.3 Å². The van der Waals surface area contributed by atoms with Crippen LogP contribution < -0.4 is 0 Å². The zero-order chi connectivity index (χ0) is 11.4. The average molecular weight is 275 g/mol. The van der Waals surface area contributed by atoms with Crippen LogP contribution >= 0.6 is 15.9 Å². The van der Waals surface area contributed by atoms with Crippen molar-refractivity contribution in [1.29, 1.82) is 0 Å². The first-order chi connectivity index (χ1) is 7.04. The van der Waals surface area contributed by atoms with Crippen molar-refractivity contribution in [1.82, 2.24) is 0 Å². The van der Waals surface area contributed by atoms with Crippen molar-refractivity contribution in [3.8, 4) is 0 Å². The fraction of sp³-hybridized carbons (Fsp3) is 0.364. The summed E-state index contributed by atoms with van der Waals surface area (Å²) in [4.78, 5) is 11.2. The van der Waals surface area contributed by atoms with Crippen LogP contribution in [0.5, 0.6) is 0 Å². The van der Waals surface area contributed by atoms with Gasteiger partial charge in [-0.15, -0.1) is 0 Å². The van der Waals surface area contributed by atoms with Gasteiger partial charge < -0.3 is 4.74 Å². The third-order valence-electron chi connectivity index (χ3n) is 2.13. The monoisotopic (exact) mass is 274 g/mol. The molecule has 0 heterocycles. The van der Waals surface area contributed by atoms with Crippen molar-refractivity contribution < 1.29 is 13.9 Å². The third kappa shape index (κ3) is 3.30. The quantitative estimate of drug-likeness (QED) is 0.793. The second-order valence-corrected chi connectivity index (χ2v) is 4.23. The van der Waals surface area contributed by atoms with Crippen molar-refractivity contribution in [2.24, 2.45) is 5.92 Å². The highest BCUT2D eigenvalue weighted by Gasteiger charge is 2.14. The standard InChI is InChI=1S/C11H12BrFO2/c1-7(11(14)15-2)5-8-3-4-10(13)9(12)6-8/h3-4,6-7H,5H2,1-2H3. The molecule has 82 valence electrons. The molecule has 0 amide bonds. The fourth-order valence-corrected chi connectivity index (χ4v) is 1.73. The van der Waals surface area contributed by atoms with Gasteiger partial charge in [0.15, 0.2) is 0 Å². The van der Waals surface area contributed by atoms with Gasteiger partial charge in [-0.1, -0.05) is 13.0 Å². The van der Waals surface area contributed by atoms with Crippen molar-refractivity contribution in [3.05, 3.63) is 34.1 Å². The molecule has 1 aromatic carbocycles. The number of benzene rings is 1. The SMILES string of the molecule is COC(=O)C(C)Cc1ccc(F)c(Br)c1. The van der Waals surface area contributed by atoms with Crippen LogP contribution in [-0.4, -0.2) is 13.1 Å². The maximum Gasteiger partial charge on any atom is 0.308 e. The number of halogens is 2. The minimum absolute atomic E-state index is 0.215. The summed E-state index contributed by atoms with van der Waals surface area (Å²) in [7, 11) is 1.36. The molecule has 0 saturated heterocycles. The summed E-state index contributed by atoms with van der Waals surface area (Å²) in [5.41, 5.74) is 0.904. The Morgan fingerprint density at radius 1 is 1.60 bits per heavy atom. The number of carbonyl (C=O) groups excluding carboxylic acids is 1. The van der Waals surface area contributed by atoms with E-state index in [2.05, 4.69) is 20.7 Å². The number of methoxy groups -OCH3 is 1. The molecule has 2 nitrogen and oxygen atoms in total. The number of rotatable bonds is 3. The van der Waals surface area contributed by atoms with Gasteiger partial charge in [0.05, 0.1) is 17.5 Å². The number of hydrogen-bond donors (Lipinski definition) is 0. The highest BCUT2D eigenvalue weighted by Crippen LogP contribution is 2.19. The second-order valence-electron chi connectivity index (χ2n) is 3.38. The van der Waals surface area contributed by atoms with E-state index in [4.69, 9.17) is 0 Å². The molecule has 0 aliphatic heterocycles. The Kier molecular flexibility index (Phi) is 4.27. The van der Waals surface area contributed by atoms with Gasteiger partial charge in [-0.05, 0) is 40.0 Å². The first-order valence-corrected chi connectivity index (χ1v) is 5.35. The van der Waals surface area contributed by atoms with Crippen molar-refractivity contribution in [2.75, 3.05) is 7.11 Å². The fourth-order valence-electron chi connectivity index (χ4n) is 1.30. The summed E-state index contributed by atoms with van der Waals surface area (Å²) in [6, 6.07) is 4.72. The van der Waals surface area contributed by atoms with E-state index < -0.39 is 0 Å². The van der Waals surface area contributed by atoms with E-state index in [1.807, 2.05) is 0 Å². The lowest BCUT2D eigenvalue weighted by Crippen LogP contribution is -2.15. The maximum absolute atomic E-state index is 12.9. The molecule has 0 aliphatic carbocycles. The van der Waals surface area contributed by atoms with Crippen LogP contribution in [-0.2, 0) is 16.0 Å². The molecule has 0 radical (unpaired) electrons. The molecule has 1 unspecified atom stereocenters. The van der Waals surface area contributed by atoms with Crippen LogP contribution in [0.25, 0.3) is 0 Å². The Balaban J connectivity index is 2.73. The predicted molar refractivity (Wildman–Crippen MR) is 59.0 cm³/mol.